The Morgan fingerprint density at radius 1 is 1.03 bits per heavy atom. The number of hydrogen-bond acceptors (Lipinski definition) is 3. The monoisotopic (exact) mass is 516 g/mol. The van der Waals surface area contributed by atoms with Crippen molar-refractivity contribution in [1.29, 1.82) is 0 Å². The van der Waals surface area contributed by atoms with Gasteiger partial charge in [0.15, 0.2) is 11.4 Å². The summed E-state index contributed by atoms with van der Waals surface area (Å²) in [5.74, 6) is -1.17. The van der Waals surface area contributed by atoms with Gasteiger partial charge in [-0.15, -0.1) is 0 Å². The first-order valence-corrected chi connectivity index (χ1v) is 9.56. The molecule has 1 heterocycles. The maximum Gasteiger partial charge on any atom is 0.435 e. The molecule has 0 atom stereocenters. The summed E-state index contributed by atoms with van der Waals surface area (Å²) in [6.45, 7) is 2.31. The normalized spacial score (nSPS) is 13.1. The van der Waals surface area contributed by atoms with Gasteiger partial charge in [0, 0.05) is 16.6 Å². The molecule has 3 nitrogen and oxygen atoms in total. The Hall–Kier alpha value is -2.37. The lowest BCUT2D eigenvalue weighted by molar-refractivity contribution is -0.348. The van der Waals surface area contributed by atoms with E-state index in [0.29, 0.717) is 19.0 Å². The molecule has 3 aromatic rings. The fraction of sp³-hybridized carbons (Fsp3) is 0.316. The number of fused-ring (bicyclic) bond motifs is 1. The van der Waals surface area contributed by atoms with Crippen molar-refractivity contribution in [3.8, 4) is 11.5 Å². The number of nitrogens with zero attached hydrogens (tertiary/aromatic N) is 1. The number of oxazole rings is 1. The van der Waals surface area contributed by atoms with Crippen LogP contribution in [0.1, 0.15) is 18.9 Å². The first kappa shape index (κ1) is 23.3. The predicted molar refractivity (Wildman–Crippen MR) is 101 cm³/mol. The summed E-state index contributed by atoms with van der Waals surface area (Å²) in [5.41, 5.74) is -8.23. The summed E-state index contributed by atoms with van der Waals surface area (Å²) in [6, 6.07) is 4.76. The summed E-state index contributed by atoms with van der Waals surface area (Å²) in [7, 11) is 0. The van der Waals surface area contributed by atoms with Crippen LogP contribution in [0.4, 0.5) is 40.8 Å². The van der Waals surface area contributed by atoms with Crippen molar-refractivity contribution in [1.82, 2.24) is 4.98 Å². The van der Waals surface area contributed by atoms with Crippen molar-refractivity contribution < 1.29 is 39.5 Å². The minimum atomic E-state index is -6.29. The zero-order valence-electron chi connectivity index (χ0n) is 15.6. The van der Waals surface area contributed by atoms with Crippen LogP contribution < -0.4 is 5.32 Å². The summed E-state index contributed by atoms with van der Waals surface area (Å²) in [6.07, 6.45) is -11.9. The van der Waals surface area contributed by atoms with Gasteiger partial charge in [0.2, 0.25) is 5.89 Å². The van der Waals surface area contributed by atoms with E-state index in [2.05, 4.69) is 26.2 Å². The third-order valence-corrected chi connectivity index (χ3v) is 5.03. The van der Waals surface area contributed by atoms with E-state index in [-0.39, 0.29) is 27.3 Å². The maximum absolute atomic E-state index is 14.8. The zero-order valence-corrected chi connectivity index (χ0v) is 17.1. The second kappa shape index (κ2) is 7.95. The molecule has 31 heavy (non-hydrogen) atoms. The number of benzene rings is 2. The molecule has 0 fully saturated rings. The third kappa shape index (κ3) is 3.97. The van der Waals surface area contributed by atoms with Crippen LogP contribution in [0, 0.1) is 5.82 Å². The van der Waals surface area contributed by atoms with Crippen molar-refractivity contribution in [2.24, 2.45) is 0 Å². The van der Waals surface area contributed by atoms with Crippen molar-refractivity contribution in [3.63, 3.8) is 0 Å². The highest BCUT2D eigenvalue weighted by atomic mass is 79.9. The lowest BCUT2D eigenvalue weighted by Gasteiger charge is -2.30. The highest BCUT2D eigenvalue weighted by molar-refractivity contribution is 9.10. The molecule has 0 radical (unpaired) electrons. The average molecular weight is 517 g/mol. The Morgan fingerprint density at radius 2 is 1.68 bits per heavy atom. The van der Waals surface area contributed by atoms with E-state index in [0.717, 1.165) is 0 Å². The van der Waals surface area contributed by atoms with Crippen molar-refractivity contribution in [3.05, 3.63) is 46.2 Å². The van der Waals surface area contributed by atoms with Crippen LogP contribution in [0.3, 0.4) is 0 Å². The van der Waals surface area contributed by atoms with E-state index in [1.54, 1.807) is 0 Å². The average Bonchev–Trinajstić information content (AvgIpc) is 3.09. The van der Waals surface area contributed by atoms with Gasteiger partial charge in [-0.3, -0.25) is 0 Å². The van der Waals surface area contributed by atoms with Gasteiger partial charge in [0.05, 0.1) is 11.3 Å². The van der Waals surface area contributed by atoms with Crippen molar-refractivity contribution in [2.45, 2.75) is 31.4 Å². The summed E-state index contributed by atoms with van der Waals surface area (Å²) in [4.78, 5) is 3.95. The largest absolute Gasteiger partial charge is 0.436 e. The first-order chi connectivity index (χ1) is 14.3. The van der Waals surface area contributed by atoms with E-state index in [1.807, 2.05) is 6.92 Å². The topological polar surface area (TPSA) is 38.1 Å². The Bertz CT molecular complexity index is 1090. The van der Waals surface area contributed by atoms with Crippen LogP contribution >= 0.6 is 15.9 Å². The van der Waals surface area contributed by atoms with Crippen LogP contribution in [0.15, 0.2) is 39.2 Å². The number of alkyl halides is 7. The van der Waals surface area contributed by atoms with E-state index >= 15 is 0 Å². The molecule has 0 unspecified atom stereocenters. The molecule has 0 spiro atoms. The SMILES string of the molecule is CCCNc1cccc(-c2nc3c(Br)cc(C(F)(C(F)(F)F)C(F)(F)F)cc3o2)c1F. The molecule has 0 aliphatic heterocycles. The molecule has 0 amide bonds. The molecule has 0 saturated carbocycles. The van der Waals surface area contributed by atoms with Gasteiger partial charge in [-0.2, -0.15) is 26.3 Å². The minimum Gasteiger partial charge on any atom is -0.436 e. The van der Waals surface area contributed by atoms with Gasteiger partial charge in [0.25, 0.3) is 0 Å². The fourth-order valence-corrected chi connectivity index (χ4v) is 3.41. The summed E-state index contributed by atoms with van der Waals surface area (Å²) < 4.78 is 112. The lowest BCUT2D eigenvalue weighted by atomic mass is 9.94. The number of aromatic nitrogens is 1. The molecule has 1 N–H and O–H groups in total. The molecule has 0 aliphatic rings. The number of nitrogens with one attached hydrogen (secondary N) is 1. The van der Waals surface area contributed by atoms with Crippen molar-refractivity contribution >= 4 is 32.7 Å². The standard InChI is InChI=1S/C19H13BrF8N2O/c1-2-6-29-12-5-3-4-10(14(12)21)16-30-15-11(20)7-9(8-13(15)31-16)17(22,18(23,24)25)19(26,27)28/h3-5,7-8,29H,2,6H2,1H3. The van der Waals surface area contributed by atoms with Crippen LogP contribution in [-0.4, -0.2) is 23.9 Å². The zero-order chi connectivity index (χ0) is 23.2. The minimum absolute atomic E-state index is 0.110. The smallest absolute Gasteiger partial charge is 0.435 e. The molecule has 3 rings (SSSR count). The molecule has 0 bridgehead atoms. The van der Waals surface area contributed by atoms with Crippen molar-refractivity contribution in [2.75, 3.05) is 11.9 Å². The molecule has 0 saturated heterocycles. The number of halogens is 9. The number of anilines is 1. The van der Waals surface area contributed by atoms with Gasteiger partial charge in [-0.1, -0.05) is 13.0 Å². The quantitative estimate of drug-likeness (QED) is 0.356. The van der Waals surface area contributed by atoms with E-state index in [1.165, 1.54) is 18.2 Å². The van der Waals surface area contributed by atoms with Crippen LogP contribution in [0.2, 0.25) is 0 Å². The van der Waals surface area contributed by atoms with E-state index in [9.17, 15) is 35.1 Å². The second-order valence-electron chi connectivity index (χ2n) is 6.57. The first-order valence-electron chi connectivity index (χ1n) is 8.77. The molecule has 12 heteroatoms. The molecule has 0 aliphatic carbocycles. The van der Waals surface area contributed by atoms with Crippen LogP contribution in [0.25, 0.3) is 22.6 Å². The lowest BCUT2D eigenvalue weighted by Crippen LogP contribution is -2.50. The summed E-state index contributed by atoms with van der Waals surface area (Å²) >= 11 is 2.80. The molecule has 2 aromatic carbocycles. The van der Waals surface area contributed by atoms with Gasteiger partial charge < -0.3 is 9.73 Å². The van der Waals surface area contributed by atoms with Gasteiger partial charge in [-0.25, -0.2) is 13.8 Å². The Morgan fingerprint density at radius 3 is 2.26 bits per heavy atom. The van der Waals surface area contributed by atoms with Gasteiger partial charge in [-0.05, 0) is 46.6 Å². The Kier molecular flexibility index (Phi) is 5.98. The molecular formula is C19H13BrF8N2O. The Labute approximate surface area is 178 Å². The van der Waals surface area contributed by atoms with Crippen LogP contribution in [0.5, 0.6) is 0 Å². The summed E-state index contributed by atoms with van der Waals surface area (Å²) in [5, 5.41) is 2.83. The molecule has 1 aromatic heterocycles. The van der Waals surface area contributed by atoms with Crippen LogP contribution in [-0.2, 0) is 5.67 Å². The molecule has 168 valence electrons. The predicted octanol–water partition coefficient (Wildman–Crippen LogP) is 7.51. The van der Waals surface area contributed by atoms with E-state index in [4.69, 9.17) is 4.42 Å². The number of rotatable bonds is 5. The highest BCUT2D eigenvalue weighted by Crippen LogP contribution is 2.54. The highest BCUT2D eigenvalue weighted by Gasteiger charge is 2.73. The van der Waals surface area contributed by atoms with Gasteiger partial charge >= 0.3 is 18.0 Å². The maximum atomic E-state index is 14.8. The fourth-order valence-electron chi connectivity index (χ4n) is 2.88. The van der Waals surface area contributed by atoms with Gasteiger partial charge in [0.1, 0.15) is 5.52 Å². The van der Waals surface area contributed by atoms with E-state index < -0.39 is 40.9 Å². The Balaban J connectivity index is 2.17. The second-order valence-corrected chi connectivity index (χ2v) is 7.43. The molecular weight excluding hydrogens is 504 g/mol. The third-order valence-electron chi connectivity index (χ3n) is 4.42. The number of hydrogen-bond donors (Lipinski definition) is 1.